The molecule has 0 radical (unpaired) electrons. The van der Waals surface area contributed by atoms with E-state index in [0.717, 1.165) is 28.2 Å². The van der Waals surface area contributed by atoms with Gasteiger partial charge in [0.15, 0.2) is 5.82 Å². The molecule has 4 aromatic heterocycles. The Balaban J connectivity index is 1.27. The van der Waals surface area contributed by atoms with Crippen molar-refractivity contribution < 1.29 is 18.6 Å². The van der Waals surface area contributed by atoms with E-state index in [1.807, 2.05) is 18.4 Å². The van der Waals surface area contributed by atoms with Crippen LogP contribution < -0.4 is 10.6 Å². The highest BCUT2D eigenvalue weighted by molar-refractivity contribution is 7.90. The van der Waals surface area contributed by atoms with Crippen molar-refractivity contribution in [3.8, 4) is 22.6 Å². The van der Waals surface area contributed by atoms with Crippen LogP contribution in [0.15, 0.2) is 42.3 Å². The zero-order valence-corrected chi connectivity index (χ0v) is 25.3. The third-order valence-corrected chi connectivity index (χ3v) is 10.8. The van der Waals surface area contributed by atoms with Crippen molar-refractivity contribution in [3.63, 3.8) is 0 Å². The highest BCUT2D eigenvalue weighted by Crippen LogP contribution is 2.36. The van der Waals surface area contributed by atoms with Crippen LogP contribution >= 0.6 is 11.3 Å². The molecule has 14 heteroatoms. The number of rotatable bonds is 9. The van der Waals surface area contributed by atoms with Gasteiger partial charge in [0.05, 0.1) is 34.5 Å². The van der Waals surface area contributed by atoms with Gasteiger partial charge in [-0.25, -0.2) is 28.4 Å². The third kappa shape index (κ3) is 6.16. The lowest BCUT2D eigenvalue weighted by Gasteiger charge is -2.34. The van der Waals surface area contributed by atoms with E-state index in [1.54, 1.807) is 32.3 Å². The Morgan fingerprint density at radius 3 is 2.55 bits per heavy atom. The molecule has 2 fully saturated rings. The average molecular weight is 611 g/mol. The van der Waals surface area contributed by atoms with E-state index in [1.165, 1.54) is 23.7 Å². The maximum absolute atomic E-state index is 12.5. The molecule has 222 valence electrons. The van der Waals surface area contributed by atoms with Crippen LogP contribution in [0.25, 0.3) is 22.6 Å². The van der Waals surface area contributed by atoms with Crippen LogP contribution in [0.2, 0.25) is 0 Å². The summed E-state index contributed by atoms with van der Waals surface area (Å²) >= 11 is 1.39. The Hall–Kier alpha value is -3.46. The number of aliphatic hydroxyl groups is 2. The Labute approximate surface area is 248 Å². The van der Waals surface area contributed by atoms with Crippen LogP contribution in [0, 0.1) is 0 Å². The van der Waals surface area contributed by atoms with Gasteiger partial charge in [-0.1, -0.05) is 0 Å². The number of anilines is 3. The minimum absolute atomic E-state index is 0.167. The molecular weight excluding hydrogens is 576 g/mol. The Morgan fingerprint density at radius 2 is 1.86 bits per heavy atom. The molecule has 42 heavy (non-hydrogen) atoms. The lowest BCUT2D eigenvalue weighted by atomic mass is 9.83. The Morgan fingerprint density at radius 1 is 1.10 bits per heavy atom. The summed E-state index contributed by atoms with van der Waals surface area (Å²) in [6, 6.07) is 3.77. The van der Waals surface area contributed by atoms with Crippen molar-refractivity contribution in [2.75, 3.05) is 10.6 Å². The predicted octanol–water partition coefficient (Wildman–Crippen LogP) is 4.28. The quantitative estimate of drug-likeness (QED) is 0.213. The van der Waals surface area contributed by atoms with Crippen LogP contribution in [0.3, 0.4) is 0 Å². The summed E-state index contributed by atoms with van der Waals surface area (Å²) in [5, 5.41) is 33.9. The fourth-order valence-corrected chi connectivity index (χ4v) is 7.23. The summed E-state index contributed by atoms with van der Waals surface area (Å²) in [5.74, 6) is 1.36. The summed E-state index contributed by atoms with van der Waals surface area (Å²) < 4.78 is 26.1. The van der Waals surface area contributed by atoms with Gasteiger partial charge in [-0.15, -0.1) is 11.3 Å². The highest BCUT2D eigenvalue weighted by atomic mass is 32.2. The molecule has 0 bridgehead atoms. The van der Waals surface area contributed by atoms with Crippen LogP contribution in [0.5, 0.6) is 0 Å². The molecule has 2 saturated carbocycles. The molecule has 12 nitrogen and oxygen atoms in total. The normalized spacial score (nSPS) is 21.3. The molecular formula is C28H34N8O4S2. The Kier molecular flexibility index (Phi) is 7.28. The molecule has 2 aliphatic carbocycles. The zero-order chi connectivity index (χ0) is 29.7. The molecule has 0 unspecified atom stereocenters. The molecule has 4 N–H and O–H groups in total. The molecule has 4 heterocycles. The van der Waals surface area contributed by atoms with Crippen molar-refractivity contribution in [3.05, 3.63) is 47.3 Å². The Bertz CT molecular complexity index is 1700. The molecule has 4 aromatic rings. The number of hydrogen-bond donors (Lipinski definition) is 4. The van der Waals surface area contributed by atoms with E-state index in [4.69, 9.17) is 0 Å². The first kappa shape index (κ1) is 28.6. The first-order valence-corrected chi connectivity index (χ1v) is 16.3. The number of nitrogens with one attached hydrogen (secondary N) is 2. The number of pyridine rings is 1. The minimum atomic E-state index is -3.48. The maximum atomic E-state index is 12.5. The molecule has 2 aliphatic rings. The van der Waals surface area contributed by atoms with Gasteiger partial charge in [-0.3, -0.25) is 0 Å². The largest absolute Gasteiger partial charge is 0.390 e. The van der Waals surface area contributed by atoms with Crippen molar-refractivity contribution in [1.29, 1.82) is 0 Å². The second-order valence-corrected chi connectivity index (χ2v) is 14.8. The molecule has 6 rings (SSSR count). The van der Waals surface area contributed by atoms with Gasteiger partial charge < -0.3 is 20.8 Å². The van der Waals surface area contributed by atoms with E-state index in [9.17, 15) is 18.6 Å². The van der Waals surface area contributed by atoms with Gasteiger partial charge in [0, 0.05) is 41.1 Å². The van der Waals surface area contributed by atoms with Gasteiger partial charge >= 0.3 is 0 Å². The van der Waals surface area contributed by atoms with Crippen molar-refractivity contribution >= 4 is 38.7 Å². The van der Waals surface area contributed by atoms with Gasteiger partial charge in [-0.2, -0.15) is 9.19 Å². The topological polar surface area (TPSA) is 168 Å². The van der Waals surface area contributed by atoms with Crippen LogP contribution in [0.1, 0.15) is 64.3 Å². The number of thiazole rings is 1. The van der Waals surface area contributed by atoms with E-state index >= 15 is 0 Å². The monoisotopic (exact) mass is 610 g/mol. The summed E-state index contributed by atoms with van der Waals surface area (Å²) in [7, 11) is -3.48. The fourth-order valence-electron chi connectivity index (χ4n) is 4.91. The third-order valence-electron chi connectivity index (χ3n) is 7.57. The number of nitrogens with zero attached hydrogens (tertiary/aromatic N) is 6. The van der Waals surface area contributed by atoms with Gasteiger partial charge in [-0.05, 0) is 65.4 Å². The zero-order valence-electron chi connectivity index (χ0n) is 23.6. The van der Waals surface area contributed by atoms with Gasteiger partial charge in [0.1, 0.15) is 22.2 Å². The lowest BCUT2D eigenvalue weighted by Crippen LogP contribution is -2.35. The molecule has 0 aliphatic heterocycles. The second kappa shape index (κ2) is 10.7. The van der Waals surface area contributed by atoms with Crippen molar-refractivity contribution in [2.45, 2.75) is 81.8 Å². The average Bonchev–Trinajstić information content (AvgIpc) is 3.46. The smallest absolute Gasteiger partial charge is 0.256 e. The summed E-state index contributed by atoms with van der Waals surface area (Å²) in [5.41, 5.74) is 1.14. The summed E-state index contributed by atoms with van der Waals surface area (Å²) in [6.07, 6.45) is 10.6. The second-order valence-electron chi connectivity index (χ2n) is 11.9. The van der Waals surface area contributed by atoms with E-state index in [2.05, 4.69) is 35.7 Å². The van der Waals surface area contributed by atoms with E-state index in [0.29, 0.717) is 59.4 Å². The first-order valence-electron chi connectivity index (χ1n) is 13.9. The van der Waals surface area contributed by atoms with Crippen LogP contribution in [0.4, 0.5) is 17.3 Å². The molecule has 0 atom stereocenters. The fraction of sp³-hybridized carbons (Fsp3) is 0.464. The molecule has 0 amide bonds. The summed E-state index contributed by atoms with van der Waals surface area (Å²) in [6.45, 7) is 5.30. The number of aromatic nitrogens is 6. The van der Waals surface area contributed by atoms with Crippen molar-refractivity contribution in [1.82, 2.24) is 29.1 Å². The van der Waals surface area contributed by atoms with Crippen molar-refractivity contribution in [2.24, 2.45) is 0 Å². The van der Waals surface area contributed by atoms with Crippen LogP contribution in [-0.4, -0.2) is 64.6 Å². The van der Waals surface area contributed by atoms with Gasteiger partial charge in [0.2, 0.25) is 0 Å². The lowest BCUT2D eigenvalue weighted by molar-refractivity contribution is 0.0196. The predicted molar refractivity (Wildman–Crippen MR) is 161 cm³/mol. The standard InChI is InChI=1S/C28H34N8O4S2/c1-27(2,37)26-33-22(16-41-26)20-14-30-24(12-21(20)32-18-6-9-28(3,38)10-7-18)34-23-8-11-29-25(35-23)17-13-31-36(15-17)42(39,40)19-4-5-19/h8,11-16,18-19,37-38H,4-7,9-10H2,1-3H3,(H2,29,30,32,34,35). The molecule has 0 spiro atoms. The van der Waals surface area contributed by atoms with Crippen LogP contribution in [-0.2, 0) is 15.6 Å². The minimum Gasteiger partial charge on any atom is -0.390 e. The maximum Gasteiger partial charge on any atom is 0.256 e. The first-order chi connectivity index (χ1) is 19.9. The number of hydrogen-bond acceptors (Lipinski definition) is 12. The van der Waals surface area contributed by atoms with E-state index < -0.39 is 21.2 Å². The summed E-state index contributed by atoms with van der Waals surface area (Å²) in [4.78, 5) is 18.2. The molecule has 0 aromatic carbocycles. The van der Waals surface area contributed by atoms with Gasteiger partial charge in [0.25, 0.3) is 10.0 Å². The SMILES string of the molecule is CC1(O)CCC(Nc2cc(Nc3ccnc(-c4cnn(S(=O)(=O)C5CC5)c4)n3)ncc2-c2csc(C(C)(C)O)n2)CC1. The van der Waals surface area contributed by atoms with E-state index in [-0.39, 0.29) is 11.3 Å². The molecule has 0 saturated heterocycles. The highest BCUT2D eigenvalue weighted by Gasteiger charge is 2.37.